The molecule has 0 N–H and O–H groups in total. The predicted molar refractivity (Wildman–Crippen MR) is 137 cm³/mol. The third-order valence-corrected chi connectivity index (χ3v) is 6.35. The van der Waals surface area contributed by atoms with Gasteiger partial charge in [-0.25, -0.2) is 0 Å². The van der Waals surface area contributed by atoms with Crippen LogP contribution in [0.1, 0.15) is 27.9 Å². The predicted octanol–water partition coefficient (Wildman–Crippen LogP) is 6.83. The minimum Gasteiger partial charge on any atom is -0.359 e. The molecule has 0 aliphatic rings. The van der Waals surface area contributed by atoms with Gasteiger partial charge in [-0.3, -0.25) is 0 Å². The lowest BCUT2D eigenvalue weighted by atomic mass is 9.80. The van der Waals surface area contributed by atoms with Crippen molar-refractivity contribution in [3.63, 3.8) is 0 Å². The average molecular weight is 443 g/mol. The maximum absolute atomic E-state index is 9.77. The van der Waals surface area contributed by atoms with Gasteiger partial charge in [-0.1, -0.05) is 103 Å². The second kappa shape index (κ2) is 9.39. The summed E-state index contributed by atoms with van der Waals surface area (Å²) >= 11 is 0. The molecule has 0 radical (unpaired) electrons. The van der Waals surface area contributed by atoms with Gasteiger partial charge in [0.05, 0.1) is 6.61 Å². The number of fused-ring (bicyclic) bond motifs is 1. The summed E-state index contributed by atoms with van der Waals surface area (Å²) in [6.07, 6.45) is 0. The van der Waals surface area contributed by atoms with Crippen molar-refractivity contribution in [3.8, 4) is 6.07 Å². The molecular weight excluding hydrogens is 416 g/mol. The first-order chi connectivity index (χ1) is 16.7. The topological polar surface area (TPSA) is 38.0 Å². The minimum atomic E-state index is -0.768. The van der Waals surface area contributed by atoms with E-state index < -0.39 is 5.60 Å². The summed E-state index contributed by atoms with van der Waals surface area (Å²) in [6, 6.07) is 41.7. The number of rotatable bonds is 7. The Morgan fingerprint density at radius 3 is 1.76 bits per heavy atom. The normalized spacial score (nSPS) is 11.4. The quantitative estimate of drug-likeness (QED) is 0.259. The molecule has 0 fully saturated rings. The number of hydrogen-bond acceptors (Lipinski definition) is 2. The van der Waals surface area contributed by atoms with E-state index in [9.17, 15) is 5.26 Å². The van der Waals surface area contributed by atoms with Crippen LogP contribution in [0.3, 0.4) is 0 Å². The van der Waals surface area contributed by atoms with Gasteiger partial charge in [-0.15, -0.1) is 0 Å². The molecule has 34 heavy (non-hydrogen) atoms. The van der Waals surface area contributed by atoms with Crippen LogP contribution >= 0.6 is 0 Å². The zero-order valence-corrected chi connectivity index (χ0v) is 19.2. The third-order valence-electron chi connectivity index (χ3n) is 6.35. The number of ether oxygens (including phenoxy) is 1. The summed E-state index contributed by atoms with van der Waals surface area (Å²) in [4.78, 5) is 0. The summed E-state index contributed by atoms with van der Waals surface area (Å²) < 4.78 is 8.96. The van der Waals surface area contributed by atoms with Crippen molar-refractivity contribution < 1.29 is 4.74 Å². The van der Waals surface area contributed by atoms with Gasteiger partial charge >= 0.3 is 0 Å². The van der Waals surface area contributed by atoms with Crippen LogP contribution in [0.4, 0.5) is 0 Å². The molecule has 5 aromatic rings. The van der Waals surface area contributed by atoms with Crippen molar-refractivity contribution in [2.75, 3.05) is 6.61 Å². The van der Waals surface area contributed by atoms with Crippen LogP contribution in [0, 0.1) is 18.3 Å². The molecule has 3 nitrogen and oxygen atoms in total. The smallest absolute Gasteiger partial charge is 0.143 e. The summed E-state index contributed by atoms with van der Waals surface area (Å²) in [5.74, 6) is 0. The summed E-state index contributed by atoms with van der Waals surface area (Å²) in [7, 11) is 0. The molecule has 0 aliphatic carbocycles. The lowest BCUT2D eigenvalue weighted by Gasteiger charge is -2.36. The van der Waals surface area contributed by atoms with Crippen molar-refractivity contribution in [1.29, 1.82) is 5.26 Å². The maximum atomic E-state index is 9.77. The first-order valence-electron chi connectivity index (χ1n) is 11.5. The summed E-state index contributed by atoms with van der Waals surface area (Å²) in [6.45, 7) is 3.08. The molecule has 1 heterocycles. The van der Waals surface area contributed by atoms with E-state index in [1.807, 2.05) is 24.3 Å². The lowest BCUT2D eigenvalue weighted by Crippen LogP contribution is -2.34. The standard InChI is InChI=1S/C31H26N2O/c1-24-17-18-30-25(21-24)22-29(23-32)33(30)19-20-34-31(26-11-5-2-6-12-26,27-13-7-3-8-14-27)28-15-9-4-10-16-28/h2-18,21-22H,19-20H2,1H3. The van der Waals surface area contributed by atoms with Crippen LogP contribution in [-0.4, -0.2) is 11.2 Å². The lowest BCUT2D eigenvalue weighted by molar-refractivity contribution is 0.00870. The number of benzene rings is 4. The Bertz CT molecular complexity index is 1330. The van der Waals surface area contributed by atoms with Crippen LogP contribution in [0.2, 0.25) is 0 Å². The highest BCUT2D eigenvalue weighted by Gasteiger charge is 2.37. The Morgan fingerprint density at radius 1 is 0.735 bits per heavy atom. The van der Waals surface area contributed by atoms with Crippen molar-refractivity contribution in [2.45, 2.75) is 19.1 Å². The second-order valence-corrected chi connectivity index (χ2v) is 8.48. The molecular formula is C31H26N2O. The zero-order chi connectivity index (χ0) is 23.4. The Labute approximate surface area is 200 Å². The van der Waals surface area contributed by atoms with E-state index in [2.05, 4.69) is 109 Å². The number of nitrogens with zero attached hydrogens (tertiary/aromatic N) is 2. The Kier molecular flexibility index (Phi) is 5.99. The van der Waals surface area contributed by atoms with Crippen molar-refractivity contribution in [3.05, 3.63) is 143 Å². The molecule has 0 atom stereocenters. The average Bonchev–Trinajstić information content (AvgIpc) is 3.25. The molecule has 0 spiro atoms. The number of nitriles is 1. The van der Waals surface area contributed by atoms with Crippen molar-refractivity contribution >= 4 is 10.9 Å². The molecule has 0 saturated heterocycles. The molecule has 5 rings (SSSR count). The van der Waals surface area contributed by atoms with Crippen LogP contribution in [0.5, 0.6) is 0 Å². The van der Waals surface area contributed by atoms with E-state index in [-0.39, 0.29) is 0 Å². The van der Waals surface area contributed by atoms with Crippen LogP contribution < -0.4 is 0 Å². The van der Waals surface area contributed by atoms with E-state index in [0.29, 0.717) is 18.8 Å². The van der Waals surface area contributed by atoms with Gasteiger partial charge in [0.15, 0.2) is 0 Å². The molecule has 0 amide bonds. The molecule has 1 aromatic heterocycles. The van der Waals surface area contributed by atoms with Gasteiger partial charge in [0.1, 0.15) is 17.4 Å². The van der Waals surface area contributed by atoms with E-state index in [1.165, 1.54) is 5.56 Å². The van der Waals surface area contributed by atoms with Crippen LogP contribution in [-0.2, 0) is 16.9 Å². The fraction of sp³-hybridized carbons (Fsp3) is 0.129. The van der Waals surface area contributed by atoms with Gasteiger partial charge in [-0.05, 0) is 41.8 Å². The van der Waals surface area contributed by atoms with Crippen LogP contribution in [0.15, 0.2) is 115 Å². The number of hydrogen-bond donors (Lipinski definition) is 0. The highest BCUT2D eigenvalue weighted by Crippen LogP contribution is 2.40. The molecule has 3 heteroatoms. The minimum absolute atomic E-state index is 0.436. The van der Waals surface area contributed by atoms with Crippen LogP contribution in [0.25, 0.3) is 10.9 Å². The van der Waals surface area contributed by atoms with Gasteiger partial charge in [0.25, 0.3) is 0 Å². The third kappa shape index (κ3) is 3.90. The van der Waals surface area contributed by atoms with Gasteiger partial charge in [0, 0.05) is 17.4 Å². The zero-order valence-electron chi connectivity index (χ0n) is 19.2. The molecule has 166 valence electrons. The maximum Gasteiger partial charge on any atom is 0.143 e. The largest absolute Gasteiger partial charge is 0.359 e. The molecule has 0 unspecified atom stereocenters. The van der Waals surface area contributed by atoms with Gasteiger partial charge < -0.3 is 9.30 Å². The van der Waals surface area contributed by atoms with E-state index in [0.717, 1.165) is 27.6 Å². The van der Waals surface area contributed by atoms with E-state index in [1.54, 1.807) is 0 Å². The summed E-state index contributed by atoms with van der Waals surface area (Å²) in [5, 5.41) is 10.9. The van der Waals surface area contributed by atoms with E-state index in [4.69, 9.17) is 4.74 Å². The summed E-state index contributed by atoms with van der Waals surface area (Å²) in [5.41, 5.74) is 5.32. The molecule has 4 aromatic carbocycles. The highest BCUT2D eigenvalue weighted by atomic mass is 16.5. The molecule has 0 aliphatic heterocycles. The SMILES string of the molecule is Cc1ccc2c(c1)cc(C#N)n2CCOC(c1ccccc1)(c1ccccc1)c1ccccc1. The van der Waals surface area contributed by atoms with E-state index >= 15 is 0 Å². The molecule has 0 bridgehead atoms. The number of aromatic nitrogens is 1. The molecule has 0 saturated carbocycles. The number of aryl methyl sites for hydroxylation is 1. The second-order valence-electron chi connectivity index (χ2n) is 8.48. The van der Waals surface area contributed by atoms with Crippen molar-refractivity contribution in [2.24, 2.45) is 0 Å². The Morgan fingerprint density at radius 2 is 1.26 bits per heavy atom. The highest BCUT2D eigenvalue weighted by molar-refractivity contribution is 5.83. The monoisotopic (exact) mass is 442 g/mol. The fourth-order valence-corrected chi connectivity index (χ4v) is 4.78. The Balaban J connectivity index is 1.58. The fourth-order valence-electron chi connectivity index (χ4n) is 4.78. The van der Waals surface area contributed by atoms with Gasteiger partial charge in [0.2, 0.25) is 0 Å². The first kappa shape index (κ1) is 21.7. The van der Waals surface area contributed by atoms with Gasteiger partial charge in [-0.2, -0.15) is 5.26 Å². The van der Waals surface area contributed by atoms with Crippen molar-refractivity contribution in [1.82, 2.24) is 4.57 Å². The Hall–Kier alpha value is -4.13. The first-order valence-corrected chi connectivity index (χ1v) is 11.5.